The molecule has 0 N–H and O–H groups in total. The van der Waals surface area contributed by atoms with Gasteiger partial charge in [0.05, 0.1) is 15.6 Å². The lowest BCUT2D eigenvalue weighted by atomic mass is 9.76. The number of likely N-dealkylation sites (tertiary alicyclic amines) is 2. The van der Waals surface area contributed by atoms with Crippen molar-refractivity contribution >= 4 is 25.8 Å². The van der Waals surface area contributed by atoms with Crippen LogP contribution in [0.1, 0.15) is 50.2 Å². The number of sulfonamides is 1. The van der Waals surface area contributed by atoms with Gasteiger partial charge < -0.3 is 9.80 Å². The second-order valence-electron chi connectivity index (χ2n) is 12.2. The molecule has 2 aromatic carbocycles. The minimum absolute atomic E-state index is 0.156. The number of nitrogens with zero attached hydrogens (tertiary/aromatic N) is 3. The number of rotatable bonds is 8. The average molecular weight is 588 g/mol. The molecule has 2 atom stereocenters. The first kappa shape index (κ1) is 29.2. The van der Waals surface area contributed by atoms with Crippen LogP contribution in [0.3, 0.4) is 0 Å². The highest BCUT2D eigenvalue weighted by Gasteiger charge is 2.49. The number of carbonyl (C=O) groups is 1. The Hall–Kier alpha value is -2.27. The molecule has 3 saturated heterocycles. The molecular formula is C30H41N3O5S2. The number of benzene rings is 2. The van der Waals surface area contributed by atoms with Crippen LogP contribution in [0.4, 0.5) is 0 Å². The molecule has 40 heavy (non-hydrogen) atoms. The van der Waals surface area contributed by atoms with Crippen molar-refractivity contribution in [2.45, 2.75) is 55.7 Å². The summed E-state index contributed by atoms with van der Waals surface area (Å²) in [6.07, 6.45) is 3.66. The maximum Gasteiger partial charge on any atom is 0.229 e. The summed E-state index contributed by atoms with van der Waals surface area (Å²) in [5, 5.41) is -0.438. The molecule has 3 fully saturated rings. The summed E-state index contributed by atoms with van der Waals surface area (Å²) in [5.41, 5.74) is 1.79. The van der Waals surface area contributed by atoms with Gasteiger partial charge in [-0.05, 0) is 75.4 Å². The number of hydrogen-bond donors (Lipinski definition) is 0. The van der Waals surface area contributed by atoms with Crippen molar-refractivity contribution in [3.05, 3.63) is 65.7 Å². The SMILES string of the molecule is CC(C)S(=O)(=O)N1C[C@H](CN2CCC3(CC2)CCN(Cc2ccc(S(C)(=O)=O)cc2)C3=O)[C@@H](c2ccccc2)C1. The van der Waals surface area contributed by atoms with E-state index in [2.05, 4.69) is 17.0 Å². The summed E-state index contributed by atoms with van der Waals surface area (Å²) in [7, 11) is -6.57. The van der Waals surface area contributed by atoms with Crippen molar-refractivity contribution in [3.63, 3.8) is 0 Å². The van der Waals surface area contributed by atoms with Crippen LogP contribution in [-0.4, -0.2) is 87.6 Å². The van der Waals surface area contributed by atoms with Crippen molar-refractivity contribution in [2.24, 2.45) is 11.3 Å². The van der Waals surface area contributed by atoms with E-state index in [1.54, 1.807) is 42.4 Å². The predicted octanol–water partition coefficient (Wildman–Crippen LogP) is 3.36. The Morgan fingerprint density at radius 2 is 1.50 bits per heavy atom. The molecule has 0 aliphatic carbocycles. The van der Waals surface area contributed by atoms with Gasteiger partial charge in [-0.1, -0.05) is 42.5 Å². The number of hydrogen-bond acceptors (Lipinski definition) is 6. The van der Waals surface area contributed by atoms with Crippen molar-refractivity contribution < 1.29 is 21.6 Å². The number of sulfone groups is 1. The first-order chi connectivity index (χ1) is 18.9. The van der Waals surface area contributed by atoms with Crippen LogP contribution in [0, 0.1) is 11.3 Å². The monoisotopic (exact) mass is 587 g/mol. The quantitative estimate of drug-likeness (QED) is 0.470. The van der Waals surface area contributed by atoms with E-state index in [-0.39, 0.29) is 28.1 Å². The Balaban J connectivity index is 1.21. The Morgan fingerprint density at radius 3 is 2.10 bits per heavy atom. The molecule has 1 spiro atoms. The molecule has 218 valence electrons. The minimum atomic E-state index is -3.32. The minimum Gasteiger partial charge on any atom is -0.338 e. The lowest BCUT2D eigenvalue weighted by molar-refractivity contribution is -0.139. The van der Waals surface area contributed by atoms with Gasteiger partial charge in [0, 0.05) is 44.9 Å². The van der Waals surface area contributed by atoms with E-state index in [0.717, 1.165) is 44.5 Å². The summed E-state index contributed by atoms with van der Waals surface area (Å²) < 4.78 is 51.2. The fourth-order valence-corrected chi connectivity index (χ4v) is 8.66. The molecular weight excluding hydrogens is 546 g/mol. The third kappa shape index (κ3) is 5.86. The van der Waals surface area contributed by atoms with Gasteiger partial charge in [0.25, 0.3) is 0 Å². The highest BCUT2D eigenvalue weighted by molar-refractivity contribution is 7.90. The molecule has 0 radical (unpaired) electrons. The molecule has 10 heteroatoms. The van der Waals surface area contributed by atoms with Crippen LogP contribution in [-0.2, 0) is 31.2 Å². The molecule has 3 aliphatic rings. The Morgan fingerprint density at radius 1 is 0.875 bits per heavy atom. The second-order valence-corrected chi connectivity index (χ2v) is 16.7. The molecule has 3 heterocycles. The van der Waals surface area contributed by atoms with Crippen LogP contribution in [0.15, 0.2) is 59.5 Å². The van der Waals surface area contributed by atoms with E-state index in [0.29, 0.717) is 26.2 Å². The molecule has 5 rings (SSSR count). The third-order valence-corrected chi connectivity index (χ3v) is 12.6. The Labute approximate surface area is 239 Å². The van der Waals surface area contributed by atoms with E-state index >= 15 is 0 Å². The van der Waals surface area contributed by atoms with Crippen LogP contribution >= 0.6 is 0 Å². The van der Waals surface area contributed by atoms with Crippen LogP contribution in [0.5, 0.6) is 0 Å². The van der Waals surface area contributed by atoms with Crippen molar-refractivity contribution in [1.82, 2.24) is 14.1 Å². The van der Waals surface area contributed by atoms with Gasteiger partial charge >= 0.3 is 0 Å². The summed E-state index contributed by atoms with van der Waals surface area (Å²) in [5.74, 6) is 0.565. The molecule has 0 aromatic heterocycles. The lowest BCUT2D eigenvalue weighted by Gasteiger charge is -2.39. The van der Waals surface area contributed by atoms with Gasteiger partial charge in [0.2, 0.25) is 15.9 Å². The van der Waals surface area contributed by atoms with Gasteiger partial charge in [-0.25, -0.2) is 21.1 Å². The zero-order valence-corrected chi connectivity index (χ0v) is 25.3. The van der Waals surface area contributed by atoms with Gasteiger partial charge in [-0.3, -0.25) is 4.79 Å². The largest absolute Gasteiger partial charge is 0.338 e. The smallest absolute Gasteiger partial charge is 0.229 e. The zero-order chi connectivity index (χ0) is 28.7. The van der Waals surface area contributed by atoms with Gasteiger partial charge in [0.15, 0.2) is 9.84 Å². The highest BCUT2D eigenvalue weighted by Crippen LogP contribution is 2.43. The molecule has 2 aromatic rings. The summed E-state index contributed by atoms with van der Waals surface area (Å²) in [6.45, 7) is 8.24. The topological polar surface area (TPSA) is 95.1 Å². The zero-order valence-electron chi connectivity index (χ0n) is 23.7. The van der Waals surface area contributed by atoms with Gasteiger partial charge in [-0.2, -0.15) is 0 Å². The summed E-state index contributed by atoms with van der Waals surface area (Å²) in [4.78, 5) is 18.2. The number of piperidine rings is 1. The van der Waals surface area contributed by atoms with Crippen molar-refractivity contribution in [3.8, 4) is 0 Å². The third-order valence-electron chi connectivity index (χ3n) is 9.22. The second kappa shape index (κ2) is 11.2. The molecule has 0 bridgehead atoms. The first-order valence-electron chi connectivity index (χ1n) is 14.2. The molecule has 0 saturated carbocycles. The van der Waals surface area contributed by atoms with Crippen molar-refractivity contribution in [1.29, 1.82) is 0 Å². The normalized spacial score (nSPS) is 24.4. The van der Waals surface area contributed by atoms with E-state index in [1.807, 2.05) is 23.1 Å². The Kier molecular flexibility index (Phi) is 8.18. The van der Waals surface area contributed by atoms with Crippen LogP contribution < -0.4 is 0 Å². The van der Waals surface area contributed by atoms with E-state index in [1.165, 1.54) is 11.8 Å². The van der Waals surface area contributed by atoms with Crippen molar-refractivity contribution in [2.75, 3.05) is 45.5 Å². The van der Waals surface area contributed by atoms with Crippen LogP contribution in [0.2, 0.25) is 0 Å². The van der Waals surface area contributed by atoms with E-state index in [9.17, 15) is 21.6 Å². The average Bonchev–Trinajstić information content (AvgIpc) is 3.48. The summed E-state index contributed by atoms with van der Waals surface area (Å²) in [6, 6.07) is 17.1. The lowest BCUT2D eigenvalue weighted by Crippen LogP contribution is -2.46. The van der Waals surface area contributed by atoms with Gasteiger partial charge in [0.1, 0.15) is 0 Å². The van der Waals surface area contributed by atoms with E-state index in [4.69, 9.17) is 0 Å². The predicted molar refractivity (Wildman–Crippen MR) is 156 cm³/mol. The first-order valence-corrected chi connectivity index (χ1v) is 17.6. The number of carbonyl (C=O) groups excluding carboxylic acids is 1. The fraction of sp³-hybridized carbons (Fsp3) is 0.567. The number of amides is 1. The molecule has 8 nitrogen and oxygen atoms in total. The maximum absolute atomic E-state index is 13.6. The van der Waals surface area contributed by atoms with E-state index < -0.39 is 25.1 Å². The summed E-state index contributed by atoms with van der Waals surface area (Å²) >= 11 is 0. The Bertz CT molecular complexity index is 1420. The van der Waals surface area contributed by atoms with Crippen LogP contribution in [0.25, 0.3) is 0 Å². The molecule has 3 aliphatic heterocycles. The fourth-order valence-electron chi connectivity index (χ4n) is 6.67. The maximum atomic E-state index is 13.6. The standard InChI is InChI=1S/C30H41N3O5S2/c1-23(2)40(37,38)33-21-26(28(22-33)25-7-5-4-6-8-25)20-31-16-13-30(14-17-31)15-18-32(29(30)34)19-24-9-11-27(12-10-24)39(3,35)36/h4-12,23,26,28H,13-22H2,1-3H3/t26-,28+/m0/s1. The molecule has 1 amide bonds. The highest BCUT2D eigenvalue weighted by atomic mass is 32.2. The molecule has 0 unspecified atom stereocenters. The van der Waals surface area contributed by atoms with Gasteiger partial charge in [-0.15, -0.1) is 0 Å².